The molecule has 1 nitrogen and oxygen atoms in total. The van der Waals surface area contributed by atoms with Crippen LogP contribution in [-0.4, -0.2) is 6.04 Å². The third kappa shape index (κ3) is 1.20. The number of rotatable bonds is 1. The van der Waals surface area contributed by atoms with Crippen LogP contribution in [0.15, 0.2) is 36.1 Å². The van der Waals surface area contributed by atoms with Gasteiger partial charge >= 0.3 is 0 Å². The van der Waals surface area contributed by atoms with Gasteiger partial charge in [0.05, 0.1) is 6.04 Å². The average Bonchev–Trinajstić information content (AvgIpc) is 2.46. The number of hydrogen-bond acceptors (Lipinski definition) is 1. The van der Waals surface area contributed by atoms with Crippen molar-refractivity contribution in [3.63, 3.8) is 0 Å². The zero-order valence-corrected chi connectivity index (χ0v) is 7.62. The number of fused-ring (bicyclic) bond motifs is 1. The Balaban J connectivity index is 2.16. The molecule has 2 rings (SSSR count). The molecule has 0 spiro atoms. The van der Waals surface area contributed by atoms with E-state index in [-0.39, 0.29) is 0 Å². The molecule has 1 aliphatic heterocycles. The van der Waals surface area contributed by atoms with E-state index in [4.69, 9.17) is 0 Å². The van der Waals surface area contributed by atoms with Gasteiger partial charge in [0.15, 0.2) is 0 Å². The molecule has 0 aromatic heterocycles. The van der Waals surface area contributed by atoms with E-state index in [9.17, 15) is 0 Å². The van der Waals surface area contributed by atoms with E-state index in [0.29, 0.717) is 17.9 Å². The van der Waals surface area contributed by atoms with Gasteiger partial charge < -0.3 is 5.32 Å². The summed E-state index contributed by atoms with van der Waals surface area (Å²) in [7, 11) is 0. The molecule has 64 valence electrons. The maximum absolute atomic E-state index is 3.52. The normalized spacial score (nSPS) is 31.8. The second-order valence-corrected chi connectivity index (χ2v) is 3.79. The Labute approximate surface area is 73.9 Å². The summed E-state index contributed by atoms with van der Waals surface area (Å²) < 4.78 is 0. The first kappa shape index (κ1) is 7.66. The van der Waals surface area contributed by atoms with Crippen molar-refractivity contribution in [1.82, 2.24) is 5.32 Å². The first-order chi connectivity index (χ1) is 5.77. The van der Waals surface area contributed by atoms with Crippen molar-refractivity contribution in [2.45, 2.75) is 19.9 Å². The standard InChI is InChI=1S/C11H15N/c1-8(2)11-7-9-5-3-4-6-10(9)12-11/h3-10,12H,1-2H3. The van der Waals surface area contributed by atoms with Crippen molar-refractivity contribution in [2.24, 2.45) is 11.8 Å². The van der Waals surface area contributed by atoms with Crippen molar-refractivity contribution in [1.29, 1.82) is 0 Å². The quantitative estimate of drug-likeness (QED) is 0.622. The monoisotopic (exact) mass is 161 g/mol. The third-order valence-corrected chi connectivity index (χ3v) is 2.50. The van der Waals surface area contributed by atoms with Gasteiger partial charge in [-0.15, -0.1) is 0 Å². The molecule has 2 atom stereocenters. The van der Waals surface area contributed by atoms with Crippen LogP contribution in [0.3, 0.4) is 0 Å². The first-order valence-corrected chi connectivity index (χ1v) is 4.60. The number of allylic oxidation sites excluding steroid dienone is 3. The van der Waals surface area contributed by atoms with Crippen molar-refractivity contribution in [3.05, 3.63) is 36.1 Å². The van der Waals surface area contributed by atoms with Gasteiger partial charge in [0.25, 0.3) is 0 Å². The number of hydrogen-bond donors (Lipinski definition) is 1. The van der Waals surface area contributed by atoms with E-state index >= 15 is 0 Å². The largest absolute Gasteiger partial charge is 0.381 e. The van der Waals surface area contributed by atoms with Gasteiger partial charge in [-0.2, -0.15) is 0 Å². The van der Waals surface area contributed by atoms with E-state index in [1.165, 1.54) is 5.70 Å². The summed E-state index contributed by atoms with van der Waals surface area (Å²) in [5, 5.41) is 3.52. The molecule has 0 bridgehead atoms. The highest BCUT2D eigenvalue weighted by Gasteiger charge is 2.24. The lowest BCUT2D eigenvalue weighted by molar-refractivity contribution is 0.600. The molecule has 1 aliphatic carbocycles. The van der Waals surface area contributed by atoms with E-state index in [1.54, 1.807) is 0 Å². The Bertz CT molecular complexity index is 258. The minimum absolute atomic E-state index is 0.521. The van der Waals surface area contributed by atoms with Gasteiger partial charge in [0, 0.05) is 11.6 Å². The van der Waals surface area contributed by atoms with Crippen molar-refractivity contribution < 1.29 is 0 Å². The molecule has 0 radical (unpaired) electrons. The Kier molecular flexibility index (Phi) is 1.80. The molecule has 12 heavy (non-hydrogen) atoms. The van der Waals surface area contributed by atoms with Gasteiger partial charge in [-0.3, -0.25) is 0 Å². The Hall–Kier alpha value is -0.980. The van der Waals surface area contributed by atoms with Crippen molar-refractivity contribution in [2.75, 3.05) is 0 Å². The molecule has 1 N–H and O–H groups in total. The fourth-order valence-corrected chi connectivity index (χ4v) is 1.73. The molecular weight excluding hydrogens is 146 g/mol. The molecule has 1 heteroatoms. The Morgan fingerprint density at radius 1 is 1.25 bits per heavy atom. The van der Waals surface area contributed by atoms with Gasteiger partial charge in [-0.25, -0.2) is 0 Å². The topological polar surface area (TPSA) is 12.0 Å². The lowest BCUT2D eigenvalue weighted by atomic mass is 9.98. The highest BCUT2D eigenvalue weighted by Crippen LogP contribution is 2.25. The van der Waals surface area contributed by atoms with Crippen LogP contribution in [0.1, 0.15) is 13.8 Å². The van der Waals surface area contributed by atoms with Crippen LogP contribution in [0.2, 0.25) is 0 Å². The summed E-state index contributed by atoms with van der Waals surface area (Å²) in [5.41, 5.74) is 1.39. The van der Waals surface area contributed by atoms with Crippen LogP contribution < -0.4 is 5.32 Å². The summed E-state index contributed by atoms with van der Waals surface area (Å²) in [6.45, 7) is 4.45. The molecule has 0 amide bonds. The maximum Gasteiger partial charge on any atom is 0.0542 e. The Morgan fingerprint density at radius 3 is 2.67 bits per heavy atom. The van der Waals surface area contributed by atoms with Crippen LogP contribution in [0.5, 0.6) is 0 Å². The zero-order chi connectivity index (χ0) is 8.55. The van der Waals surface area contributed by atoms with E-state index < -0.39 is 0 Å². The van der Waals surface area contributed by atoms with Gasteiger partial charge in [0.2, 0.25) is 0 Å². The Morgan fingerprint density at radius 2 is 2.00 bits per heavy atom. The smallest absolute Gasteiger partial charge is 0.0542 e. The average molecular weight is 161 g/mol. The minimum Gasteiger partial charge on any atom is -0.381 e. The molecular formula is C11H15N. The molecule has 0 saturated heterocycles. The molecule has 0 aromatic carbocycles. The van der Waals surface area contributed by atoms with Gasteiger partial charge in [-0.05, 0) is 5.92 Å². The molecule has 0 fully saturated rings. The molecule has 1 heterocycles. The van der Waals surface area contributed by atoms with Crippen LogP contribution in [0.4, 0.5) is 0 Å². The van der Waals surface area contributed by atoms with Crippen molar-refractivity contribution in [3.8, 4) is 0 Å². The predicted molar refractivity (Wildman–Crippen MR) is 51.6 cm³/mol. The first-order valence-electron chi connectivity index (χ1n) is 4.60. The van der Waals surface area contributed by atoms with Crippen LogP contribution in [0, 0.1) is 11.8 Å². The number of nitrogens with one attached hydrogen (secondary N) is 1. The summed E-state index contributed by atoms with van der Waals surface area (Å²) in [6.07, 6.45) is 11.1. The van der Waals surface area contributed by atoms with Gasteiger partial charge in [0.1, 0.15) is 0 Å². The fourth-order valence-electron chi connectivity index (χ4n) is 1.73. The summed E-state index contributed by atoms with van der Waals surface area (Å²) in [5.74, 6) is 1.21. The highest BCUT2D eigenvalue weighted by molar-refractivity contribution is 5.29. The van der Waals surface area contributed by atoms with E-state index in [0.717, 1.165) is 0 Å². The van der Waals surface area contributed by atoms with Crippen molar-refractivity contribution >= 4 is 0 Å². The van der Waals surface area contributed by atoms with E-state index in [2.05, 4.69) is 49.5 Å². The van der Waals surface area contributed by atoms with Gasteiger partial charge in [-0.1, -0.05) is 44.2 Å². The second kappa shape index (κ2) is 2.81. The van der Waals surface area contributed by atoms with Crippen LogP contribution >= 0.6 is 0 Å². The lowest BCUT2D eigenvalue weighted by Gasteiger charge is -2.16. The summed E-state index contributed by atoms with van der Waals surface area (Å²) >= 11 is 0. The lowest BCUT2D eigenvalue weighted by Crippen LogP contribution is -2.27. The zero-order valence-electron chi connectivity index (χ0n) is 7.62. The molecule has 0 aromatic rings. The SMILES string of the molecule is CC(C)C1=CC2C=CC=CC2N1. The van der Waals surface area contributed by atoms with Crippen LogP contribution in [-0.2, 0) is 0 Å². The maximum atomic E-state index is 3.52. The highest BCUT2D eigenvalue weighted by atomic mass is 15.0. The predicted octanol–water partition coefficient (Wildman–Crippen LogP) is 2.24. The summed E-state index contributed by atoms with van der Waals surface area (Å²) in [4.78, 5) is 0. The molecule has 2 unspecified atom stereocenters. The van der Waals surface area contributed by atoms with E-state index in [1.807, 2.05) is 0 Å². The molecule has 0 saturated carbocycles. The third-order valence-electron chi connectivity index (χ3n) is 2.50. The molecule has 2 aliphatic rings. The fraction of sp³-hybridized carbons (Fsp3) is 0.455. The van der Waals surface area contributed by atoms with Crippen LogP contribution in [0.25, 0.3) is 0 Å². The second-order valence-electron chi connectivity index (χ2n) is 3.79. The minimum atomic E-state index is 0.521. The summed E-state index contributed by atoms with van der Waals surface area (Å²) in [6, 6.07) is 0.521.